The summed E-state index contributed by atoms with van der Waals surface area (Å²) in [6, 6.07) is 7.45. The average molecular weight is 214 g/mol. The summed E-state index contributed by atoms with van der Waals surface area (Å²) in [6.07, 6.45) is 0. The van der Waals surface area contributed by atoms with Crippen LogP contribution in [0.4, 0.5) is 5.69 Å². The standard InChI is InChI=1S/C10H12ClNO2/c1-14-7-8-3-2-4-9(5-8)12-10(13)6-11/h2-5H,6-7H2,1H3,(H,12,13). The van der Waals surface area contributed by atoms with Gasteiger partial charge in [-0.15, -0.1) is 11.6 Å². The van der Waals surface area contributed by atoms with Crippen LogP contribution < -0.4 is 5.32 Å². The van der Waals surface area contributed by atoms with Gasteiger partial charge in [0.1, 0.15) is 5.88 Å². The van der Waals surface area contributed by atoms with Gasteiger partial charge in [-0.1, -0.05) is 12.1 Å². The predicted molar refractivity (Wildman–Crippen MR) is 56.5 cm³/mol. The highest BCUT2D eigenvalue weighted by atomic mass is 35.5. The van der Waals surface area contributed by atoms with Crippen molar-refractivity contribution >= 4 is 23.2 Å². The van der Waals surface area contributed by atoms with Crippen LogP contribution in [0.2, 0.25) is 0 Å². The van der Waals surface area contributed by atoms with Gasteiger partial charge in [-0.2, -0.15) is 0 Å². The fourth-order valence-electron chi connectivity index (χ4n) is 1.10. The molecule has 3 nitrogen and oxygen atoms in total. The molecule has 14 heavy (non-hydrogen) atoms. The highest BCUT2D eigenvalue weighted by Gasteiger charge is 2.00. The van der Waals surface area contributed by atoms with E-state index in [1.807, 2.05) is 24.3 Å². The number of halogens is 1. The molecular weight excluding hydrogens is 202 g/mol. The number of rotatable bonds is 4. The molecule has 0 unspecified atom stereocenters. The Kier molecular flexibility index (Phi) is 4.43. The number of nitrogens with one attached hydrogen (secondary N) is 1. The van der Waals surface area contributed by atoms with Crippen molar-refractivity contribution in [2.75, 3.05) is 18.3 Å². The van der Waals surface area contributed by atoms with E-state index in [0.717, 1.165) is 11.3 Å². The molecule has 0 saturated heterocycles. The molecule has 0 spiro atoms. The molecule has 0 heterocycles. The summed E-state index contributed by atoms with van der Waals surface area (Å²) in [5.41, 5.74) is 1.75. The van der Waals surface area contributed by atoms with Crippen LogP contribution >= 0.6 is 11.6 Å². The Bertz CT molecular complexity index is 315. The zero-order valence-corrected chi connectivity index (χ0v) is 8.67. The molecule has 76 valence electrons. The van der Waals surface area contributed by atoms with E-state index in [0.29, 0.717) is 6.61 Å². The van der Waals surface area contributed by atoms with Crippen LogP contribution in [0.3, 0.4) is 0 Å². The maximum absolute atomic E-state index is 11.0. The lowest BCUT2D eigenvalue weighted by atomic mass is 10.2. The smallest absolute Gasteiger partial charge is 0.239 e. The Morgan fingerprint density at radius 2 is 2.36 bits per heavy atom. The maximum atomic E-state index is 11.0. The second-order valence-corrected chi connectivity index (χ2v) is 3.08. The van der Waals surface area contributed by atoms with Crippen LogP contribution in [-0.4, -0.2) is 18.9 Å². The minimum Gasteiger partial charge on any atom is -0.380 e. The minimum absolute atomic E-state index is 0.0332. The molecule has 1 amide bonds. The van der Waals surface area contributed by atoms with E-state index in [4.69, 9.17) is 16.3 Å². The van der Waals surface area contributed by atoms with Crippen molar-refractivity contribution in [3.8, 4) is 0 Å². The van der Waals surface area contributed by atoms with Crippen molar-refractivity contribution in [2.45, 2.75) is 6.61 Å². The van der Waals surface area contributed by atoms with Gasteiger partial charge in [0.25, 0.3) is 0 Å². The molecule has 0 bridgehead atoms. The average Bonchev–Trinajstić information content (AvgIpc) is 2.19. The van der Waals surface area contributed by atoms with Crippen molar-refractivity contribution in [3.05, 3.63) is 29.8 Å². The van der Waals surface area contributed by atoms with Crippen LogP contribution in [0.5, 0.6) is 0 Å². The lowest BCUT2D eigenvalue weighted by Crippen LogP contribution is -2.12. The highest BCUT2D eigenvalue weighted by molar-refractivity contribution is 6.29. The van der Waals surface area contributed by atoms with Gasteiger partial charge in [-0.05, 0) is 17.7 Å². The van der Waals surface area contributed by atoms with E-state index in [2.05, 4.69) is 5.32 Å². The number of carbonyl (C=O) groups is 1. The monoisotopic (exact) mass is 213 g/mol. The number of carbonyl (C=O) groups excluding carboxylic acids is 1. The number of alkyl halides is 1. The van der Waals surface area contributed by atoms with Gasteiger partial charge in [0.15, 0.2) is 0 Å². The summed E-state index contributed by atoms with van der Waals surface area (Å²) in [5, 5.41) is 2.66. The molecule has 1 aromatic carbocycles. The molecule has 4 heteroatoms. The minimum atomic E-state index is -0.207. The van der Waals surface area contributed by atoms with E-state index in [1.165, 1.54) is 0 Å². The quantitative estimate of drug-likeness (QED) is 0.778. The zero-order valence-electron chi connectivity index (χ0n) is 7.92. The SMILES string of the molecule is COCc1cccc(NC(=O)CCl)c1. The summed E-state index contributed by atoms with van der Waals surface area (Å²) in [5.74, 6) is -0.240. The summed E-state index contributed by atoms with van der Waals surface area (Å²) in [6.45, 7) is 0.532. The van der Waals surface area contributed by atoms with Crippen molar-refractivity contribution in [1.82, 2.24) is 0 Å². The summed E-state index contributed by atoms with van der Waals surface area (Å²) in [4.78, 5) is 11.0. The number of hydrogen-bond acceptors (Lipinski definition) is 2. The molecule has 1 aromatic rings. The fourth-order valence-corrected chi connectivity index (χ4v) is 1.17. The van der Waals surface area contributed by atoms with Crippen LogP contribution in [0, 0.1) is 0 Å². The third kappa shape index (κ3) is 3.36. The van der Waals surface area contributed by atoms with Crippen LogP contribution in [0.15, 0.2) is 24.3 Å². The first-order chi connectivity index (χ1) is 6.76. The third-order valence-corrected chi connectivity index (χ3v) is 1.89. The zero-order chi connectivity index (χ0) is 10.4. The summed E-state index contributed by atoms with van der Waals surface area (Å²) < 4.78 is 4.98. The van der Waals surface area contributed by atoms with Crippen molar-refractivity contribution in [2.24, 2.45) is 0 Å². The molecule has 0 aromatic heterocycles. The number of hydrogen-bond donors (Lipinski definition) is 1. The van der Waals surface area contributed by atoms with Gasteiger partial charge in [-0.3, -0.25) is 4.79 Å². The number of anilines is 1. The van der Waals surface area contributed by atoms with E-state index >= 15 is 0 Å². The Balaban J connectivity index is 2.68. The van der Waals surface area contributed by atoms with Crippen LogP contribution in [-0.2, 0) is 16.1 Å². The normalized spacial score (nSPS) is 9.86. The van der Waals surface area contributed by atoms with Crippen molar-refractivity contribution in [3.63, 3.8) is 0 Å². The Morgan fingerprint density at radius 1 is 1.57 bits per heavy atom. The van der Waals surface area contributed by atoms with E-state index < -0.39 is 0 Å². The molecule has 0 radical (unpaired) electrons. The first-order valence-electron chi connectivity index (χ1n) is 4.20. The first-order valence-corrected chi connectivity index (χ1v) is 4.73. The van der Waals surface area contributed by atoms with Crippen LogP contribution in [0.25, 0.3) is 0 Å². The fraction of sp³-hybridized carbons (Fsp3) is 0.300. The first kappa shape index (κ1) is 11.0. The number of amides is 1. The van der Waals surface area contributed by atoms with Crippen LogP contribution in [0.1, 0.15) is 5.56 Å². The summed E-state index contributed by atoms with van der Waals surface area (Å²) in [7, 11) is 1.63. The summed E-state index contributed by atoms with van der Waals surface area (Å²) >= 11 is 5.37. The van der Waals surface area contributed by atoms with E-state index in [9.17, 15) is 4.79 Å². The highest BCUT2D eigenvalue weighted by Crippen LogP contribution is 2.11. The van der Waals surface area contributed by atoms with Gasteiger partial charge in [0.05, 0.1) is 6.61 Å². The molecule has 1 N–H and O–H groups in total. The van der Waals surface area contributed by atoms with Gasteiger partial charge in [0, 0.05) is 12.8 Å². The molecule has 0 saturated carbocycles. The molecule has 0 fully saturated rings. The number of methoxy groups -OCH3 is 1. The van der Waals surface area contributed by atoms with Gasteiger partial charge >= 0.3 is 0 Å². The largest absolute Gasteiger partial charge is 0.380 e. The number of ether oxygens (including phenoxy) is 1. The van der Waals surface area contributed by atoms with Gasteiger partial charge in [-0.25, -0.2) is 0 Å². The topological polar surface area (TPSA) is 38.3 Å². The van der Waals surface area contributed by atoms with E-state index in [1.54, 1.807) is 7.11 Å². The lowest BCUT2D eigenvalue weighted by molar-refractivity contribution is -0.113. The molecule has 0 aliphatic carbocycles. The lowest BCUT2D eigenvalue weighted by Gasteiger charge is -2.05. The Labute approximate surface area is 88.0 Å². The Hall–Kier alpha value is -1.06. The number of benzene rings is 1. The predicted octanol–water partition coefficient (Wildman–Crippen LogP) is 2.01. The van der Waals surface area contributed by atoms with Gasteiger partial charge in [0.2, 0.25) is 5.91 Å². The molecular formula is C10H12ClNO2. The molecule has 0 atom stereocenters. The van der Waals surface area contributed by atoms with Gasteiger partial charge < -0.3 is 10.1 Å². The maximum Gasteiger partial charge on any atom is 0.239 e. The Morgan fingerprint density at radius 3 is 3.00 bits per heavy atom. The van der Waals surface area contributed by atoms with Crippen molar-refractivity contribution in [1.29, 1.82) is 0 Å². The van der Waals surface area contributed by atoms with E-state index in [-0.39, 0.29) is 11.8 Å². The molecule has 0 aliphatic heterocycles. The van der Waals surface area contributed by atoms with Crippen molar-refractivity contribution < 1.29 is 9.53 Å². The third-order valence-electron chi connectivity index (χ3n) is 1.64. The molecule has 1 rings (SSSR count). The molecule has 0 aliphatic rings. The second-order valence-electron chi connectivity index (χ2n) is 2.82. The second kappa shape index (κ2) is 5.62.